The van der Waals surface area contributed by atoms with E-state index in [9.17, 15) is 5.11 Å². The predicted octanol–water partition coefficient (Wildman–Crippen LogP) is 3.53. The molecule has 0 radical (unpaired) electrons. The lowest BCUT2D eigenvalue weighted by Gasteiger charge is -2.15. The minimum Gasteiger partial charge on any atom is -0.494 e. The van der Waals surface area contributed by atoms with E-state index in [0.717, 1.165) is 31.0 Å². The number of anilines is 1. The molecule has 0 heterocycles. The molecule has 0 saturated heterocycles. The number of hydrogen-bond donors (Lipinski definition) is 3. The van der Waals surface area contributed by atoms with E-state index in [4.69, 9.17) is 9.47 Å². The molecule has 2 rings (SSSR count). The van der Waals surface area contributed by atoms with Crippen LogP contribution in [0.2, 0.25) is 0 Å². The molecule has 3 N–H and O–H groups in total. The van der Waals surface area contributed by atoms with Crippen LogP contribution in [0.5, 0.6) is 11.5 Å². The number of rotatable bonds is 12. The SMILES string of the molecule is CCCOc1ccc(OCC(O)CNCCNc2c(C)cccc2C)cc1. The summed E-state index contributed by atoms with van der Waals surface area (Å²) in [5.41, 5.74) is 3.68. The lowest BCUT2D eigenvalue weighted by molar-refractivity contribution is 0.107. The Morgan fingerprint density at radius 2 is 1.56 bits per heavy atom. The summed E-state index contributed by atoms with van der Waals surface area (Å²) >= 11 is 0. The van der Waals surface area contributed by atoms with Gasteiger partial charge in [0.05, 0.1) is 6.61 Å². The molecular formula is C22H32N2O3. The Labute approximate surface area is 162 Å². The van der Waals surface area contributed by atoms with Crippen molar-refractivity contribution >= 4 is 5.69 Å². The summed E-state index contributed by atoms with van der Waals surface area (Å²) in [6.07, 6.45) is 0.429. The summed E-state index contributed by atoms with van der Waals surface area (Å²) in [5, 5.41) is 16.7. The first-order chi connectivity index (χ1) is 13.1. The first-order valence-electron chi connectivity index (χ1n) is 9.64. The highest BCUT2D eigenvalue weighted by molar-refractivity contribution is 5.56. The average molecular weight is 373 g/mol. The smallest absolute Gasteiger partial charge is 0.119 e. The van der Waals surface area contributed by atoms with E-state index >= 15 is 0 Å². The van der Waals surface area contributed by atoms with Crippen LogP contribution in [-0.4, -0.2) is 44.1 Å². The van der Waals surface area contributed by atoms with Crippen molar-refractivity contribution in [1.29, 1.82) is 0 Å². The monoisotopic (exact) mass is 372 g/mol. The first-order valence-corrected chi connectivity index (χ1v) is 9.64. The van der Waals surface area contributed by atoms with Gasteiger partial charge in [-0.25, -0.2) is 0 Å². The number of aliphatic hydroxyl groups is 1. The molecule has 27 heavy (non-hydrogen) atoms. The maximum Gasteiger partial charge on any atom is 0.119 e. The Morgan fingerprint density at radius 3 is 2.19 bits per heavy atom. The van der Waals surface area contributed by atoms with Crippen LogP contribution in [0.15, 0.2) is 42.5 Å². The lowest BCUT2D eigenvalue weighted by Crippen LogP contribution is -2.34. The molecule has 0 spiro atoms. The Morgan fingerprint density at radius 1 is 0.926 bits per heavy atom. The fourth-order valence-electron chi connectivity index (χ4n) is 2.74. The normalized spacial score (nSPS) is 11.9. The third-order valence-electron chi connectivity index (χ3n) is 4.20. The van der Waals surface area contributed by atoms with E-state index in [0.29, 0.717) is 13.2 Å². The van der Waals surface area contributed by atoms with Gasteiger partial charge in [0.25, 0.3) is 0 Å². The van der Waals surface area contributed by atoms with Crippen LogP contribution in [0.1, 0.15) is 24.5 Å². The minimum absolute atomic E-state index is 0.256. The van der Waals surface area contributed by atoms with Gasteiger partial charge in [-0.1, -0.05) is 25.1 Å². The van der Waals surface area contributed by atoms with Gasteiger partial charge in [0.2, 0.25) is 0 Å². The highest BCUT2D eigenvalue weighted by Crippen LogP contribution is 2.19. The molecule has 5 nitrogen and oxygen atoms in total. The molecule has 148 valence electrons. The van der Waals surface area contributed by atoms with Crippen LogP contribution >= 0.6 is 0 Å². The summed E-state index contributed by atoms with van der Waals surface area (Å²) in [5.74, 6) is 1.57. The quantitative estimate of drug-likeness (QED) is 0.498. The van der Waals surface area contributed by atoms with E-state index in [1.54, 1.807) is 0 Å². The third-order valence-corrected chi connectivity index (χ3v) is 4.20. The van der Waals surface area contributed by atoms with Crippen LogP contribution < -0.4 is 20.1 Å². The van der Waals surface area contributed by atoms with Crippen molar-refractivity contribution in [1.82, 2.24) is 5.32 Å². The summed E-state index contributed by atoms with van der Waals surface area (Å²) in [6.45, 7) is 9.32. The minimum atomic E-state index is -0.554. The molecule has 0 aliphatic carbocycles. The van der Waals surface area contributed by atoms with Crippen molar-refractivity contribution in [2.45, 2.75) is 33.3 Å². The maximum atomic E-state index is 10.1. The van der Waals surface area contributed by atoms with Crippen molar-refractivity contribution in [3.05, 3.63) is 53.6 Å². The van der Waals surface area contributed by atoms with Crippen molar-refractivity contribution in [3.63, 3.8) is 0 Å². The zero-order valence-corrected chi connectivity index (χ0v) is 16.6. The molecule has 2 aromatic carbocycles. The number of aliphatic hydroxyl groups excluding tert-OH is 1. The van der Waals surface area contributed by atoms with Crippen LogP contribution in [0.4, 0.5) is 5.69 Å². The zero-order valence-electron chi connectivity index (χ0n) is 16.6. The second-order valence-corrected chi connectivity index (χ2v) is 6.68. The number of hydrogen-bond acceptors (Lipinski definition) is 5. The molecule has 0 bridgehead atoms. The van der Waals surface area contributed by atoms with Crippen molar-refractivity contribution in [3.8, 4) is 11.5 Å². The molecule has 2 aromatic rings. The zero-order chi connectivity index (χ0) is 19.5. The molecular weight excluding hydrogens is 340 g/mol. The third kappa shape index (κ3) is 7.49. The number of benzene rings is 2. The molecule has 0 saturated carbocycles. The highest BCUT2D eigenvalue weighted by Gasteiger charge is 2.06. The summed E-state index contributed by atoms with van der Waals surface area (Å²) < 4.78 is 11.2. The summed E-state index contributed by atoms with van der Waals surface area (Å²) in [4.78, 5) is 0. The molecule has 5 heteroatoms. The Balaban J connectivity index is 1.60. The molecule has 0 fully saturated rings. The van der Waals surface area contributed by atoms with Gasteiger partial charge in [0, 0.05) is 25.3 Å². The van der Waals surface area contributed by atoms with E-state index in [-0.39, 0.29) is 6.61 Å². The van der Waals surface area contributed by atoms with Gasteiger partial charge in [-0.05, 0) is 55.7 Å². The predicted molar refractivity (Wildman–Crippen MR) is 111 cm³/mol. The Hall–Kier alpha value is -2.24. The van der Waals surface area contributed by atoms with Crippen LogP contribution in [0.3, 0.4) is 0 Å². The Kier molecular flexibility index (Phi) is 8.95. The van der Waals surface area contributed by atoms with Gasteiger partial charge in [-0.2, -0.15) is 0 Å². The number of aryl methyl sites for hydroxylation is 2. The second kappa shape index (κ2) is 11.5. The molecule has 0 aliphatic heterocycles. The topological polar surface area (TPSA) is 62.8 Å². The van der Waals surface area contributed by atoms with Gasteiger partial charge < -0.3 is 25.2 Å². The van der Waals surface area contributed by atoms with Crippen molar-refractivity contribution in [2.24, 2.45) is 0 Å². The lowest BCUT2D eigenvalue weighted by atomic mass is 10.1. The summed E-state index contributed by atoms with van der Waals surface area (Å²) in [7, 11) is 0. The molecule has 1 unspecified atom stereocenters. The first kappa shape index (κ1) is 21.1. The van der Waals surface area contributed by atoms with Gasteiger partial charge in [-0.3, -0.25) is 0 Å². The standard InChI is InChI=1S/C22H32N2O3/c1-4-14-26-20-8-10-21(11-9-20)27-16-19(25)15-23-12-13-24-22-17(2)6-5-7-18(22)3/h5-11,19,23-25H,4,12-16H2,1-3H3. The molecule has 0 aromatic heterocycles. The largest absolute Gasteiger partial charge is 0.494 e. The number of nitrogens with one attached hydrogen (secondary N) is 2. The fraction of sp³-hybridized carbons (Fsp3) is 0.455. The van der Waals surface area contributed by atoms with Crippen LogP contribution in [0, 0.1) is 13.8 Å². The molecule has 1 atom stereocenters. The molecule has 0 amide bonds. The Bertz CT molecular complexity index is 654. The second-order valence-electron chi connectivity index (χ2n) is 6.68. The van der Waals surface area contributed by atoms with E-state index in [2.05, 4.69) is 49.6 Å². The maximum absolute atomic E-state index is 10.1. The van der Waals surface area contributed by atoms with Crippen LogP contribution in [0.25, 0.3) is 0 Å². The highest BCUT2D eigenvalue weighted by atomic mass is 16.5. The van der Waals surface area contributed by atoms with Gasteiger partial charge in [-0.15, -0.1) is 0 Å². The van der Waals surface area contributed by atoms with Crippen molar-refractivity contribution in [2.75, 3.05) is 38.2 Å². The van der Waals surface area contributed by atoms with E-state index in [1.165, 1.54) is 16.8 Å². The number of para-hydroxylation sites is 1. The van der Waals surface area contributed by atoms with Gasteiger partial charge in [0.15, 0.2) is 0 Å². The van der Waals surface area contributed by atoms with Gasteiger partial charge in [0.1, 0.15) is 24.2 Å². The number of ether oxygens (including phenoxy) is 2. The van der Waals surface area contributed by atoms with Gasteiger partial charge >= 0.3 is 0 Å². The fourth-order valence-corrected chi connectivity index (χ4v) is 2.74. The molecule has 0 aliphatic rings. The average Bonchev–Trinajstić information content (AvgIpc) is 2.67. The van der Waals surface area contributed by atoms with E-state index < -0.39 is 6.10 Å². The summed E-state index contributed by atoms with van der Waals surface area (Å²) in [6, 6.07) is 13.8. The van der Waals surface area contributed by atoms with Crippen LogP contribution in [-0.2, 0) is 0 Å². The van der Waals surface area contributed by atoms with E-state index in [1.807, 2.05) is 24.3 Å². The van der Waals surface area contributed by atoms with Crippen molar-refractivity contribution < 1.29 is 14.6 Å².